The Hall–Kier alpha value is -0.770. The Bertz CT molecular complexity index is 270. The molecule has 1 rings (SSSR count). The predicted octanol–water partition coefficient (Wildman–Crippen LogP) is 1.32. The van der Waals surface area contributed by atoms with Crippen molar-refractivity contribution in [1.82, 2.24) is 5.32 Å². The minimum absolute atomic E-state index is 0.000414. The van der Waals surface area contributed by atoms with Gasteiger partial charge in [-0.1, -0.05) is 13.3 Å². The van der Waals surface area contributed by atoms with Crippen molar-refractivity contribution in [3.8, 4) is 0 Å². The molecular weight excluding hydrogens is 230 g/mol. The Balaban J connectivity index is 2.32. The van der Waals surface area contributed by atoms with E-state index in [9.17, 15) is 9.59 Å². The van der Waals surface area contributed by atoms with Crippen LogP contribution in [-0.2, 0) is 14.3 Å². The van der Waals surface area contributed by atoms with E-state index in [1.54, 1.807) is 0 Å². The number of carbonyl (C=O) groups is 2. The van der Waals surface area contributed by atoms with E-state index in [2.05, 4.69) is 17.0 Å². The van der Waals surface area contributed by atoms with Crippen LogP contribution in [0.3, 0.4) is 0 Å². The molecule has 0 heterocycles. The van der Waals surface area contributed by atoms with Gasteiger partial charge in [-0.15, -0.1) is 11.6 Å². The molecule has 0 aromatic rings. The average molecular weight is 248 g/mol. The topological polar surface area (TPSA) is 55.4 Å². The first-order chi connectivity index (χ1) is 7.56. The minimum atomic E-state index is -0.800. The van der Waals surface area contributed by atoms with Gasteiger partial charge in [-0.2, -0.15) is 0 Å². The second-order valence-electron chi connectivity index (χ2n) is 4.25. The lowest BCUT2D eigenvalue weighted by molar-refractivity contribution is -0.140. The Morgan fingerprint density at radius 3 is 2.69 bits per heavy atom. The second kappa shape index (κ2) is 6.09. The number of esters is 1. The molecule has 92 valence electrons. The SMILES string of the molecule is COC(=O)C(Cl)CNC(=O)C1CCCC1C. The molecule has 3 atom stereocenters. The molecule has 0 bridgehead atoms. The number of amides is 1. The molecule has 0 radical (unpaired) electrons. The number of ether oxygens (including phenoxy) is 1. The van der Waals surface area contributed by atoms with Crippen LogP contribution < -0.4 is 5.32 Å². The number of hydrogen-bond donors (Lipinski definition) is 1. The van der Waals surface area contributed by atoms with Gasteiger partial charge in [-0.25, -0.2) is 0 Å². The third-order valence-corrected chi connectivity index (χ3v) is 3.44. The minimum Gasteiger partial charge on any atom is -0.468 e. The first-order valence-electron chi connectivity index (χ1n) is 5.56. The quantitative estimate of drug-likeness (QED) is 0.602. The standard InChI is InChI=1S/C11H18ClNO3/c1-7-4-3-5-8(7)10(14)13-6-9(12)11(15)16-2/h7-9H,3-6H2,1-2H3,(H,13,14). The van der Waals surface area contributed by atoms with Crippen LogP contribution in [0, 0.1) is 11.8 Å². The van der Waals surface area contributed by atoms with Crippen molar-refractivity contribution in [2.45, 2.75) is 31.6 Å². The van der Waals surface area contributed by atoms with E-state index in [4.69, 9.17) is 11.6 Å². The van der Waals surface area contributed by atoms with Crippen LogP contribution in [0.25, 0.3) is 0 Å². The highest BCUT2D eigenvalue weighted by Crippen LogP contribution is 2.31. The maximum atomic E-state index is 11.7. The molecule has 0 aliphatic heterocycles. The summed E-state index contributed by atoms with van der Waals surface area (Å²) in [7, 11) is 1.28. The van der Waals surface area contributed by atoms with Crippen LogP contribution in [0.2, 0.25) is 0 Å². The number of rotatable bonds is 4. The van der Waals surface area contributed by atoms with Gasteiger partial charge in [0, 0.05) is 12.5 Å². The monoisotopic (exact) mass is 247 g/mol. The van der Waals surface area contributed by atoms with Gasteiger partial charge < -0.3 is 10.1 Å². The highest BCUT2D eigenvalue weighted by atomic mass is 35.5. The summed E-state index contributed by atoms with van der Waals surface area (Å²) in [5.74, 6) is -0.0191. The zero-order valence-electron chi connectivity index (χ0n) is 9.66. The van der Waals surface area contributed by atoms with Crippen molar-refractivity contribution < 1.29 is 14.3 Å². The molecular formula is C11H18ClNO3. The molecule has 1 amide bonds. The summed E-state index contributed by atoms with van der Waals surface area (Å²) in [5, 5.41) is 1.90. The molecule has 1 saturated carbocycles. The summed E-state index contributed by atoms with van der Waals surface area (Å²) in [6, 6.07) is 0. The maximum Gasteiger partial charge on any atom is 0.325 e. The summed E-state index contributed by atoms with van der Waals surface area (Å²) in [5.41, 5.74) is 0. The van der Waals surface area contributed by atoms with Gasteiger partial charge in [0.25, 0.3) is 0 Å². The lowest BCUT2D eigenvalue weighted by Crippen LogP contribution is -2.38. The second-order valence-corrected chi connectivity index (χ2v) is 4.78. The molecule has 1 N–H and O–H groups in total. The van der Waals surface area contributed by atoms with Crippen LogP contribution in [-0.4, -0.2) is 30.9 Å². The lowest BCUT2D eigenvalue weighted by Gasteiger charge is -2.16. The summed E-state index contributed by atoms with van der Waals surface area (Å²) >= 11 is 5.73. The van der Waals surface area contributed by atoms with Gasteiger partial charge >= 0.3 is 5.97 Å². The van der Waals surface area contributed by atoms with Crippen LogP contribution in [0.1, 0.15) is 26.2 Å². The molecule has 0 spiro atoms. The molecule has 3 unspecified atom stereocenters. The highest BCUT2D eigenvalue weighted by molar-refractivity contribution is 6.30. The van der Waals surface area contributed by atoms with Crippen molar-refractivity contribution in [3.05, 3.63) is 0 Å². The van der Waals surface area contributed by atoms with Crippen molar-refractivity contribution in [3.63, 3.8) is 0 Å². The van der Waals surface area contributed by atoms with Gasteiger partial charge in [-0.3, -0.25) is 9.59 Å². The third kappa shape index (κ3) is 3.37. The van der Waals surface area contributed by atoms with Crippen LogP contribution in [0.15, 0.2) is 0 Å². The molecule has 5 heteroatoms. The van der Waals surface area contributed by atoms with Gasteiger partial charge in [-0.05, 0) is 18.8 Å². The zero-order chi connectivity index (χ0) is 12.1. The fraction of sp³-hybridized carbons (Fsp3) is 0.818. The van der Waals surface area contributed by atoms with Crippen LogP contribution in [0.4, 0.5) is 0 Å². The summed E-state index contributed by atoms with van der Waals surface area (Å²) in [6.45, 7) is 2.21. The zero-order valence-corrected chi connectivity index (χ0v) is 10.4. The average Bonchev–Trinajstić information content (AvgIpc) is 2.70. The summed E-state index contributed by atoms with van der Waals surface area (Å²) in [6.07, 6.45) is 3.12. The van der Waals surface area contributed by atoms with E-state index >= 15 is 0 Å². The molecule has 4 nitrogen and oxygen atoms in total. The maximum absolute atomic E-state index is 11.7. The van der Waals surface area contributed by atoms with Gasteiger partial charge in [0.15, 0.2) is 0 Å². The smallest absolute Gasteiger partial charge is 0.325 e. The number of carbonyl (C=O) groups excluding carboxylic acids is 2. The Labute approximate surface area is 101 Å². The fourth-order valence-electron chi connectivity index (χ4n) is 2.07. The van der Waals surface area contributed by atoms with Gasteiger partial charge in [0.2, 0.25) is 5.91 Å². The molecule has 1 fully saturated rings. The van der Waals surface area contributed by atoms with Crippen molar-refractivity contribution >= 4 is 23.5 Å². The Kier molecular flexibility index (Phi) is 5.06. The van der Waals surface area contributed by atoms with E-state index in [-0.39, 0.29) is 18.4 Å². The number of methoxy groups -OCH3 is 1. The summed E-state index contributed by atoms with van der Waals surface area (Å²) < 4.78 is 4.47. The molecule has 0 aromatic carbocycles. The third-order valence-electron chi connectivity index (χ3n) is 3.11. The number of alkyl halides is 1. The predicted molar refractivity (Wildman–Crippen MR) is 61.2 cm³/mol. The van der Waals surface area contributed by atoms with E-state index in [1.807, 2.05) is 0 Å². The van der Waals surface area contributed by atoms with Crippen molar-refractivity contribution in [1.29, 1.82) is 0 Å². The molecule has 0 saturated heterocycles. The normalized spacial score (nSPS) is 26.2. The number of nitrogens with one attached hydrogen (secondary N) is 1. The van der Waals surface area contributed by atoms with E-state index in [0.29, 0.717) is 5.92 Å². The van der Waals surface area contributed by atoms with Crippen molar-refractivity contribution in [2.75, 3.05) is 13.7 Å². The molecule has 16 heavy (non-hydrogen) atoms. The largest absolute Gasteiger partial charge is 0.468 e. The molecule has 1 aliphatic carbocycles. The fourth-order valence-corrected chi connectivity index (χ4v) is 2.23. The van der Waals surface area contributed by atoms with Gasteiger partial charge in [0.1, 0.15) is 5.38 Å². The van der Waals surface area contributed by atoms with E-state index in [0.717, 1.165) is 19.3 Å². The first-order valence-corrected chi connectivity index (χ1v) is 5.99. The lowest BCUT2D eigenvalue weighted by atomic mass is 9.97. The highest BCUT2D eigenvalue weighted by Gasteiger charge is 2.30. The molecule has 0 aromatic heterocycles. The molecule has 1 aliphatic rings. The first kappa shape index (κ1) is 13.3. The number of hydrogen-bond acceptors (Lipinski definition) is 3. The van der Waals surface area contributed by atoms with Gasteiger partial charge in [0.05, 0.1) is 7.11 Å². The van der Waals surface area contributed by atoms with Crippen molar-refractivity contribution in [2.24, 2.45) is 11.8 Å². The van der Waals surface area contributed by atoms with E-state index < -0.39 is 11.3 Å². The van der Waals surface area contributed by atoms with Crippen LogP contribution in [0.5, 0.6) is 0 Å². The summed E-state index contributed by atoms with van der Waals surface area (Å²) in [4.78, 5) is 22.8. The van der Waals surface area contributed by atoms with E-state index in [1.165, 1.54) is 7.11 Å². The van der Waals surface area contributed by atoms with Crippen LogP contribution >= 0.6 is 11.6 Å². The Morgan fingerprint density at radius 2 is 2.19 bits per heavy atom. The number of halogens is 1. The Morgan fingerprint density at radius 1 is 1.50 bits per heavy atom.